The maximum atomic E-state index is 11.3. The summed E-state index contributed by atoms with van der Waals surface area (Å²) < 4.78 is 0. The van der Waals surface area contributed by atoms with E-state index in [-0.39, 0.29) is 5.92 Å². The van der Waals surface area contributed by atoms with Crippen molar-refractivity contribution in [3.8, 4) is 0 Å². The fraction of sp³-hybridized carbons (Fsp3) is 0.562. The summed E-state index contributed by atoms with van der Waals surface area (Å²) in [6.07, 6.45) is 6.68. The van der Waals surface area contributed by atoms with Crippen molar-refractivity contribution in [1.29, 1.82) is 0 Å². The molecular weight excluding hydrogens is 224 g/mol. The quantitative estimate of drug-likeness (QED) is 0.812. The average Bonchev–Trinajstić information content (AvgIpc) is 2.29. The van der Waals surface area contributed by atoms with Crippen LogP contribution in [0.25, 0.3) is 0 Å². The van der Waals surface area contributed by atoms with Crippen LogP contribution in [0.15, 0.2) is 24.3 Å². The van der Waals surface area contributed by atoms with Crippen molar-refractivity contribution in [2.75, 3.05) is 0 Å². The minimum atomic E-state index is -0.695. The predicted molar refractivity (Wildman–Crippen MR) is 72.9 cm³/mol. The molecule has 1 fully saturated rings. The average molecular weight is 246 g/mol. The van der Waals surface area contributed by atoms with Gasteiger partial charge in [0.2, 0.25) is 0 Å². The van der Waals surface area contributed by atoms with E-state index in [9.17, 15) is 9.90 Å². The minimum absolute atomic E-state index is 0.333. The monoisotopic (exact) mass is 246 g/mol. The van der Waals surface area contributed by atoms with Gasteiger partial charge in [0.25, 0.3) is 0 Å². The Balaban J connectivity index is 2.07. The van der Waals surface area contributed by atoms with E-state index in [1.165, 1.54) is 24.8 Å². The molecule has 0 spiro atoms. The molecule has 1 aromatic rings. The molecule has 0 saturated heterocycles. The fourth-order valence-corrected chi connectivity index (χ4v) is 2.58. The molecule has 1 aromatic carbocycles. The highest BCUT2D eigenvalue weighted by atomic mass is 16.4. The molecular formula is C16H22O2. The number of carboxylic acid groups (broad SMARTS) is 1. The molecule has 0 amide bonds. The molecule has 2 heteroatoms. The lowest BCUT2D eigenvalue weighted by Crippen LogP contribution is -2.12. The van der Waals surface area contributed by atoms with E-state index in [4.69, 9.17) is 0 Å². The lowest BCUT2D eigenvalue weighted by molar-refractivity contribution is -0.139. The van der Waals surface area contributed by atoms with Crippen molar-refractivity contribution < 1.29 is 9.90 Å². The Morgan fingerprint density at radius 2 is 2.00 bits per heavy atom. The summed E-state index contributed by atoms with van der Waals surface area (Å²) in [5.74, 6) is -0.307. The summed E-state index contributed by atoms with van der Waals surface area (Å²) >= 11 is 0. The molecule has 0 radical (unpaired) electrons. The zero-order valence-corrected chi connectivity index (χ0v) is 11.1. The van der Waals surface area contributed by atoms with Gasteiger partial charge in [0.05, 0.1) is 5.92 Å². The second-order valence-electron chi connectivity index (χ2n) is 5.33. The first-order chi connectivity index (χ1) is 8.72. The van der Waals surface area contributed by atoms with E-state index in [0.29, 0.717) is 0 Å². The van der Waals surface area contributed by atoms with Crippen LogP contribution in [0.1, 0.15) is 68.4 Å². The van der Waals surface area contributed by atoms with Crippen LogP contribution in [-0.4, -0.2) is 11.1 Å². The van der Waals surface area contributed by atoms with Gasteiger partial charge in [0.1, 0.15) is 0 Å². The smallest absolute Gasteiger partial charge is 0.310 e. The Bertz CT molecular complexity index is 390. The third-order valence-electron chi connectivity index (χ3n) is 4.06. The second-order valence-corrected chi connectivity index (χ2v) is 5.33. The molecule has 1 saturated carbocycles. The van der Waals surface area contributed by atoms with Gasteiger partial charge in [0.15, 0.2) is 0 Å². The van der Waals surface area contributed by atoms with E-state index in [2.05, 4.69) is 19.1 Å². The van der Waals surface area contributed by atoms with Crippen LogP contribution >= 0.6 is 0 Å². The second kappa shape index (κ2) is 6.03. The molecule has 1 aliphatic rings. The number of unbranched alkanes of at least 4 members (excludes halogenated alkanes) is 1. The van der Waals surface area contributed by atoms with E-state index in [1.807, 2.05) is 12.1 Å². The normalized spacial score (nSPS) is 17.2. The van der Waals surface area contributed by atoms with E-state index >= 15 is 0 Å². The zero-order chi connectivity index (χ0) is 13.0. The highest BCUT2D eigenvalue weighted by molar-refractivity contribution is 5.76. The topological polar surface area (TPSA) is 37.3 Å². The number of rotatable bonds is 6. The highest BCUT2D eigenvalue weighted by Gasteiger charge is 2.22. The highest BCUT2D eigenvalue weighted by Crippen LogP contribution is 2.36. The predicted octanol–water partition coefficient (Wildman–Crippen LogP) is 4.31. The lowest BCUT2D eigenvalue weighted by Gasteiger charge is -2.26. The third-order valence-corrected chi connectivity index (χ3v) is 4.06. The molecule has 0 heterocycles. The number of carboxylic acids is 1. The Labute approximate surface area is 109 Å². The lowest BCUT2D eigenvalue weighted by atomic mass is 9.79. The Morgan fingerprint density at radius 3 is 2.44 bits per heavy atom. The van der Waals surface area contributed by atoms with Gasteiger partial charge in [-0.1, -0.05) is 50.5 Å². The van der Waals surface area contributed by atoms with Crippen molar-refractivity contribution in [2.45, 2.75) is 57.3 Å². The molecule has 2 rings (SSSR count). The molecule has 1 aliphatic carbocycles. The van der Waals surface area contributed by atoms with Gasteiger partial charge < -0.3 is 5.11 Å². The van der Waals surface area contributed by atoms with Crippen LogP contribution in [0.4, 0.5) is 0 Å². The van der Waals surface area contributed by atoms with E-state index < -0.39 is 5.97 Å². The Hall–Kier alpha value is -1.31. The van der Waals surface area contributed by atoms with Gasteiger partial charge >= 0.3 is 5.97 Å². The first kappa shape index (κ1) is 13.1. The van der Waals surface area contributed by atoms with E-state index in [0.717, 1.165) is 30.7 Å². The molecule has 18 heavy (non-hydrogen) atoms. The summed E-state index contributed by atoms with van der Waals surface area (Å²) in [7, 11) is 0. The summed E-state index contributed by atoms with van der Waals surface area (Å²) in [5, 5.41) is 9.29. The minimum Gasteiger partial charge on any atom is -0.481 e. The summed E-state index contributed by atoms with van der Waals surface area (Å²) in [6.45, 7) is 2.10. The Morgan fingerprint density at radius 1 is 1.33 bits per heavy atom. The van der Waals surface area contributed by atoms with Crippen LogP contribution in [-0.2, 0) is 4.79 Å². The molecule has 0 aromatic heterocycles. The van der Waals surface area contributed by atoms with Crippen molar-refractivity contribution >= 4 is 5.97 Å². The van der Waals surface area contributed by atoms with Crippen molar-refractivity contribution in [3.63, 3.8) is 0 Å². The maximum absolute atomic E-state index is 11.3. The fourth-order valence-electron chi connectivity index (χ4n) is 2.58. The molecule has 0 bridgehead atoms. The maximum Gasteiger partial charge on any atom is 0.310 e. The van der Waals surface area contributed by atoms with Crippen LogP contribution in [0.5, 0.6) is 0 Å². The van der Waals surface area contributed by atoms with Crippen LogP contribution in [0.3, 0.4) is 0 Å². The van der Waals surface area contributed by atoms with Crippen molar-refractivity contribution in [3.05, 3.63) is 35.4 Å². The van der Waals surface area contributed by atoms with E-state index in [1.54, 1.807) is 0 Å². The molecule has 1 atom stereocenters. The number of hydrogen-bond donors (Lipinski definition) is 1. The van der Waals surface area contributed by atoms with Gasteiger partial charge in [-0.2, -0.15) is 0 Å². The number of hydrogen-bond acceptors (Lipinski definition) is 1. The first-order valence-electron chi connectivity index (χ1n) is 7.05. The van der Waals surface area contributed by atoms with Gasteiger partial charge in [-0.25, -0.2) is 0 Å². The molecule has 98 valence electrons. The number of aliphatic carboxylic acids is 1. The SMILES string of the molecule is CCCCC(C(=O)O)c1ccc(C2CCC2)cc1. The molecule has 1 unspecified atom stereocenters. The summed E-state index contributed by atoms with van der Waals surface area (Å²) in [4.78, 5) is 11.3. The van der Waals surface area contributed by atoms with Crippen molar-refractivity contribution in [1.82, 2.24) is 0 Å². The summed E-state index contributed by atoms with van der Waals surface area (Å²) in [5.41, 5.74) is 2.34. The van der Waals surface area contributed by atoms with Gasteiger partial charge in [-0.05, 0) is 36.3 Å². The third kappa shape index (κ3) is 2.92. The van der Waals surface area contributed by atoms with Crippen LogP contribution < -0.4 is 0 Å². The zero-order valence-electron chi connectivity index (χ0n) is 11.1. The Kier molecular flexibility index (Phi) is 4.40. The standard InChI is InChI=1S/C16H22O2/c1-2-3-7-15(16(17)18)14-10-8-13(9-11-14)12-5-4-6-12/h8-12,15H,2-7H2,1H3,(H,17,18). The van der Waals surface area contributed by atoms with Crippen LogP contribution in [0.2, 0.25) is 0 Å². The van der Waals surface area contributed by atoms with Crippen LogP contribution in [0, 0.1) is 0 Å². The van der Waals surface area contributed by atoms with Gasteiger partial charge in [-0.15, -0.1) is 0 Å². The summed E-state index contributed by atoms with van der Waals surface area (Å²) in [6, 6.07) is 8.28. The largest absolute Gasteiger partial charge is 0.481 e. The number of benzene rings is 1. The first-order valence-corrected chi connectivity index (χ1v) is 7.05. The van der Waals surface area contributed by atoms with Gasteiger partial charge in [-0.3, -0.25) is 4.79 Å². The molecule has 1 N–H and O–H groups in total. The molecule has 2 nitrogen and oxygen atoms in total. The van der Waals surface area contributed by atoms with Gasteiger partial charge in [0, 0.05) is 0 Å². The van der Waals surface area contributed by atoms with Crippen molar-refractivity contribution in [2.24, 2.45) is 0 Å². The molecule has 0 aliphatic heterocycles. The number of carbonyl (C=O) groups is 1.